The molecule has 0 aromatic rings. The van der Waals surface area contributed by atoms with Crippen LogP contribution in [0.25, 0.3) is 0 Å². The molecule has 0 atom stereocenters. The van der Waals surface area contributed by atoms with Crippen molar-refractivity contribution in [3.63, 3.8) is 0 Å². The van der Waals surface area contributed by atoms with E-state index in [1.807, 2.05) is 0 Å². The van der Waals surface area contributed by atoms with Crippen LogP contribution in [0.1, 0.15) is 58.3 Å². The highest BCUT2D eigenvalue weighted by Crippen LogP contribution is 2.08. The molecule has 0 saturated heterocycles. The summed E-state index contributed by atoms with van der Waals surface area (Å²) < 4.78 is 4.88. The molecule has 0 spiro atoms. The molecule has 0 aromatic carbocycles. The van der Waals surface area contributed by atoms with Crippen LogP contribution < -0.4 is 0 Å². The molecule has 0 aliphatic rings. The number of allylic oxidation sites excluding steroid dienone is 1. The minimum atomic E-state index is 1.13. The van der Waals surface area contributed by atoms with E-state index in [1.165, 1.54) is 51.2 Å². The molecule has 0 saturated carbocycles. The Labute approximate surface area is 88.9 Å². The summed E-state index contributed by atoms with van der Waals surface area (Å²) >= 11 is 0. The van der Waals surface area contributed by atoms with E-state index in [0.717, 1.165) is 6.42 Å². The molecule has 0 rings (SSSR count). The Bertz CT molecular complexity index is 138. The quantitative estimate of drug-likeness (QED) is 0.360. The van der Waals surface area contributed by atoms with E-state index in [9.17, 15) is 0 Å². The fraction of sp³-hybridized carbons (Fsp3) is 0.692. The summed E-state index contributed by atoms with van der Waals surface area (Å²) in [4.78, 5) is 0. The van der Waals surface area contributed by atoms with Crippen molar-refractivity contribution in [2.24, 2.45) is 0 Å². The molecule has 1 nitrogen and oxygen atoms in total. The molecule has 0 radical (unpaired) electrons. The minimum absolute atomic E-state index is 1.13. The molecule has 1 heteroatoms. The van der Waals surface area contributed by atoms with Crippen LogP contribution in [-0.4, -0.2) is 0 Å². The maximum Gasteiger partial charge on any atom is 0.0861 e. The summed E-state index contributed by atoms with van der Waals surface area (Å²) in [5.74, 6) is 0. The first kappa shape index (κ1) is 13.3. The normalized spacial score (nSPS) is 10.6. The smallest absolute Gasteiger partial charge is 0.0861 e. The van der Waals surface area contributed by atoms with Crippen molar-refractivity contribution in [2.45, 2.75) is 58.3 Å². The van der Waals surface area contributed by atoms with Crippen LogP contribution in [0.2, 0.25) is 0 Å². The number of rotatable bonds is 10. The van der Waals surface area contributed by atoms with Gasteiger partial charge >= 0.3 is 0 Å². The van der Waals surface area contributed by atoms with Crippen LogP contribution in [-0.2, 0) is 4.74 Å². The van der Waals surface area contributed by atoms with Crippen LogP contribution in [0.15, 0.2) is 25.2 Å². The van der Waals surface area contributed by atoms with Gasteiger partial charge in [0.1, 0.15) is 0 Å². The van der Waals surface area contributed by atoms with Crippen molar-refractivity contribution >= 4 is 0 Å². The fourth-order valence-corrected chi connectivity index (χ4v) is 1.40. The number of hydrogen-bond acceptors (Lipinski definition) is 1. The van der Waals surface area contributed by atoms with Gasteiger partial charge in [-0.1, -0.05) is 52.0 Å². The maximum atomic E-state index is 4.88. The first-order chi connectivity index (χ1) is 6.91. The van der Waals surface area contributed by atoms with E-state index in [1.54, 1.807) is 6.26 Å². The van der Waals surface area contributed by atoms with Crippen molar-refractivity contribution < 1.29 is 4.74 Å². The Morgan fingerprint density at radius 2 is 1.64 bits per heavy atom. The molecule has 0 aliphatic carbocycles. The second-order valence-corrected chi connectivity index (χ2v) is 3.58. The molecule has 0 N–H and O–H groups in total. The SMILES string of the molecule is C=CO/C=C/CCCCCCCCC. The Kier molecular flexibility index (Phi) is 11.6. The molecule has 0 amide bonds. The van der Waals surface area contributed by atoms with Gasteiger partial charge in [0.25, 0.3) is 0 Å². The zero-order chi connectivity index (χ0) is 10.5. The van der Waals surface area contributed by atoms with E-state index in [4.69, 9.17) is 4.74 Å². The van der Waals surface area contributed by atoms with Gasteiger partial charge < -0.3 is 4.74 Å². The van der Waals surface area contributed by atoms with Gasteiger partial charge in [-0.3, -0.25) is 0 Å². The van der Waals surface area contributed by atoms with Gasteiger partial charge in [-0.25, -0.2) is 0 Å². The average molecular weight is 196 g/mol. The minimum Gasteiger partial charge on any atom is -0.474 e. The van der Waals surface area contributed by atoms with Crippen LogP contribution in [0.3, 0.4) is 0 Å². The van der Waals surface area contributed by atoms with Gasteiger partial charge in [0.15, 0.2) is 0 Å². The molecule has 0 aromatic heterocycles. The lowest BCUT2D eigenvalue weighted by Gasteiger charge is -1.98. The largest absolute Gasteiger partial charge is 0.474 e. The van der Waals surface area contributed by atoms with Crippen molar-refractivity contribution in [1.82, 2.24) is 0 Å². The van der Waals surface area contributed by atoms with E-state index >= 15 is 0 Å². The molecule has 0 fully saturated rings. The van der Waals surface area contributed by atoms with Crippen LogP contribution in [0, 0.1) is 0 Å². The average Bonchev–Trinajstić information content (AvgIpc) is 2.21. The van der Waals surface area contributed by atoms with Crippen molar-refractivity contribution in [3.8, 4) is 0 Å². The first-order valence-corrected chi connectivity index (χ1v) is 5.83. The highest BCUT2D eigenvalue weighted by molar-refractivity contribution is 4.75. The van der Waals surface area contributed by atoms with Crippen LogP contribution in [0.5, 0.6) is 0 Å². The zero-order valence-electron chi connectivity index (χ0n) is 9.50. The summed E-state index contributed by atoms with van der Waals surface area (Å²) in [6.45, 7) is 5.72. The standard InChI is InChI=1S/C13H24O/c1-3-5-6-7-8-9-10-11-12-13-14-4-2/h4,12-13H,2-3,5-11H2,1H3/b13-12+. The Balaban J connectivity index is 2.95. The number of ether oxygens (including phenoxy) is 1. The van der Waals surface area contributed by atoms with E-state index in [-0.39, 0.29) is 0 Å². The lowest BCUT2D eigenvalue weighted by atomic mass is 10.1. The summed E-state index contributed by atoms with van der Waals surface area (Å²) in [6.07, 6.45) is 15.9. The molecule has 14 heavy (non-hydrogen) atoms. The van der Waals surface area contributed by atoms with Crippen molar-refractivity contribution in [1.29, 1.82) is 0 Å². The summed E-state index contributed by atoms with van der Waals surface area (Å²) in [7, 11) is 0. The van der Waals surface area contributed by atoms with Gasteiger partial charge in [-0.15, -0.1) is 0 Å². The Hall–Kier alpha value is -0.720. The van der Waals surface area contributed by atoms with E-state index in [0.29, 0.717) is 0 Å². The highest BCUT2D eigenvalue weighted by Gasteiger charge is 1.88. The zero-order valence-corrected chi connectivity index (χ0v) is 9.50. The predicted octanol–water partition coefficient (Wildman–Crippen LogP) is 4.80. The van der Waals surface area contributed by atoms with Gasteiger partial charge in [0.05, 0.1) is 12.5 Å². The second-order valence-electron chi connectivity index (χ2n) is 3.58. The molecule has 0 aliphatic heterocycles. The molecule has 0 heterocycles. The van der Waals surface area contributed by atoms with Crippen molar-refractivity contribution in [3.05, 3.63) is 25.2 Å². The Morgan fingerprint density at radius 1 is 1.00 bits per heavy atom. The third kappa shape index (κ3) is 11.3. The van der Waals surface area contributed by atoms with Crippen molar-refractivity contribution in [2.75, 3.05) is 0 Å². The van der Waals surface area contributed by atoms with Gasteiger partial charge in [-0.2, -0.15) is 0 Å². The molecular formula is C13H24O. The lowest BCUT2D eigenvalue weighted by Crippen LogP contribution is -1.78. The van der Waals surface area contributed by atoms with Gasteiger partial charge in [0, 0.05) is 0 Å². The molecule has 0 bridgehead atoms. The van der Waals surface area contributed by atoms with Crippen LogP contribution in [0.4, 0.5) is 0 Å². The highest BCUT2D eigenvalue weighted by atomic mass is 16.5. The fourth-order valence-electron chi connectivity index (χ4n) is 1.40. The third-order valence-electron chi connectivity index (χ3n) is 2.25. The predicted molar refractivity (Wildman–Crippen MR) is 63.0 cm³/mol. The van der Waals surface area contributed by atoms with E-state index in [2.05, 4.69) is 19.6 Å². The van der Waals surface area contributed by atoms with E-state index < -0.39 is 0 Å². The molecular weight excluding hydrogens is 172 g/mol. The summed E-state index contributed by atoms with van der Waals surface area (Å²) in [6, 6.07) is 0. The first-order valence-electron chi connectivity index (χ1n) is 5.83. The summed E-state index contributed by atoms with van der Waals surface area (Å²) in [5.41, 5.74) is 0. The van der Waals surface area contributed by atoms with Crippen LogP contribution >= 0.6 is 0 Å². The number of hydrogen-bond donors (Lipinski definition) is 0. The second kappa shape index (κ2) is 12.3. The monoisotopic (exact) mass is 196 g/mol. The molecule has 0 unspecified atom stereocenters. The molecule has 82 valence electrons. The topological polar surface area (TPSA) is 9.23 Å². The lowest BCUT2D eigenvalue weighted by molar-refractivity contribution is 0.402. The summed E-state index contributed by atoms with van der Waals surface area (Å²) in [5, 5.41) is 0. The Morgan fingerprint density at radius 3 is 2.29 bits per heavy atom. The maximum absolute atomic E-state index is 4.88. The van der Waals surface area contributed by atoms with Gasteiger partial charge in [-0.05, 0) is 18.9 Å². The van der Waals surface area contributed by atoms with Gasteiger partial charge in [0.2, 0.25) is 0 Å². The number of unbranched alkanes of at least 4 members (excludes halogenated alkanes) is 7. The third-order valence-corrected chi connectivity index (χ3v) is 2.25.